The number of para-hydroxylation sites is 1. The Morgan fingerprint density at radius 3 is 2.09 bits per heavy atom. The van der Waals surface area contributed by atoms with E-state index in [2.05, 4.69) is 113 Å². The van der Waals surface area contributed by atoms with Gasteiger partial charge in [-0.1, -0.05) is 108 Å². The number of ketones is 2. The van der Waals surface area contributed by atoms with Gasteiger partial charge in [0.1, 0.15) is 12.8 Å². The number of carbonyl (C=O) groups is 2. The SMILES string of the molecule is Bc1ccc2c(c1)C(=O)/C(=C/c1cc3c(s1)N(c1ccccc1)c1ccc(-c4c(C(C)C)cccc4C(C)C)cc1C3(C)C)C2=O. The van der Waals surface area contributed by atoms with Crippen molar-refractivity contribution in [3.05, 3.63) is 135 Å². The zero-order valence-corrected chi connectivity index (χ0v) is 28.4. The number of rotatable bonds is 5. The molecular weight excluding hydrogens is 581 g/mol. The minimum absolute atomic E-state index is 0.188. The number of allylic oxidation sites excluding steroid dienone is 1. The van der Waals surface area contributed by atoms with Crippen LogP contribution in [0.5, 0.6) is 0 Å². The Hall–Kier alpha value is -4.48. The second-order valence-corrected chi connectivity index (χ2v) is 14.8. The van der Waals surface area contributed by atoms with Crippen molar-refractivity contribution in [2.24, 2.45) is 0 Å². The predicted octanol–water partition coefficient (Wildman–Crippen LogP) is 9.49. The summed E-state index contributed by atoms with van der Waals surface area (Å²) < 4.78 is 0. The molecule has 228 valence electrons. The zero-order valence-electron chi connectivity index (χ0n) is 27.6. The Bertz CT molecular complexity index is 2060. The van der Waals surface area contributed by atoms with E-state index in [1.165, 1.54) is 33.4 Å². The lowest BCUT2D eigenvalue weighted by atomic mass is 9.74. The van der Waals surface area contributed by atoms with Crippen LogP contribution >= 0.6 is 11.3 Å². The smallest absolute Gasteiger partial charge is 0.197 e. The van der Waals surface area contributed by atoms with E-state index in [1.54, 1.807) is 17.4 Å². The number of nitrogens with zero attached hydrogens (tertiary/aromatic N) is 1. The summed E-state index contributed by atoms with van der Waals surface area (Å²) in [6.45, 7) is 13.7. The number of hydrogen-bond acceptors (Lipinski definition) is 4. The van der Waals surface area contributed by atoms with Crippen molar-refractivity contribution in [2.45, 2.75) is 58.8 Å². The highest BCUT2D eigenvalue weighted by Gasteiger charge is 2.40. The highest BCUT2D eigenvalue weighted by molar-refractivity contribution is 7.17. The van der Waals surface area contributed by atoms with Crippen LogP contribution in [0.15, 0.2) is 96.6 Å². The highest BCUT2D eigenvalue weighted by Crippen LogP contribution is 2.56. The summed E-state index contributed by atoms with van der Waals surface area (Å²) in [5, 5.41) is 1.11. The molecule has 7 rings (SSSR count). The maximum absolute atomic E-state index is 13.4. The van der Waals surface area contributed by atoms with Crippen molar-refractivity contribution >= 4 is 58.7 Å². The van der Waals surface area contributed by atoms with Gasteiger partial charge in [0.25, 0.3) is 0 Å². The summed E-state index contributed by atoms with van der Waals surface area (Å²) >= 11 is 1.64. The highest BCUT2D eigenvalue weighted by atomic mass is 32.1. The van der Waals surface area contributed by atoms with Gasteiger partial charge >= 0.3 is 0 Å². The predicted molar refractivity (Wildman–Crippen MR) is 196 cm³/mol. The standard InChI is InChI=1S/C41H38BNO2S/c1-23(2)29-13-10-14-30(24(3)4)37(29)25-15-18-36-34(19-25)41(5,6)35-22-28(46-40(35)43(36)27-11-8-7-9-12-27)21-33-38(44)31-17-16-26(42)20-32(31)39(33)45/h7-24H,42H2,1-6H3/b33-21+. The average molecular weight is 620 g/mol. The van der Waals surface area contributed by atoms with Gasteiger partial charge in [-0.2, -0.15) is 0 Å². The third-order valence-corrected chi connectivity index (χ3v) is 10.7. The third-order valence-electron chi connectivity index (χ3n) is 9.63. The van der Waals surface area contributed by atoms with Crippen LogP contribution in [-0.2, 0) is 5.41 Å². The molecule has 2 heterocycles. The van der Waals surface area contributed by atoms with E-state index in [-0.39, 0.29) is 22.6 Å². The van der Waals surface area contributed by atoms with Crippen LogP contribution in [0.3, 0.4) is 0 Å². The molecule has 0 amide bonds. The first kappa shape index (κ1) is 30.2. The van der Waals surface area contributed by atoms with Gasteiger partial charge in [0, 0.05) is 27.1 Å². The van der Waals surface area contributed by atoms with Crippen LogP contribution < -0.4 is 10.4 Å². The molecule has 0 N–H and O–H groups in total. The molecule has 0 spiro atoms. The fraction of sp³-hybridized carbons (Fsp3) is 0.220. The number of fused-ring (bicyclic) bond motifs is 3. The van der Waals surface area contributed by atoms with Crippen LogP contribution in [0.4, 0.5) is 16.4 Å². The van der Waals surface area contributed by atoms with Crippen LogP contribution in [0.2, 0.25) is 0 Å². The number of hydrogen-bond donors (Lipinski definition) is 0. The third kappa shape index (κ3) is 4.72. The van der Waals surface area contributed by atoms with Crippen LogP contribution in [-0.4, -0.2) is 19.4 Å². The van der Waals surface area contributed by atoms with Gasteiger partial charge in [0.05, 0.1) is 11.3 Å². The van der Waals surface area contributed by atoms with Crippen molar-refractivity contribution in [1.82, 2.24) is 0 Å². The van der Waals surface area contributed by atoms with Gasteiger partial charge in [-0.3, -0.25) is 9.59 Å². The first-order valence-corrected chi connectivity index (χ1v) is 17.0. The Balaban J connectivity index is 1.41. The molecule has 1 aliphatic heterocycles. The molecule has 46 heavy (non-hydrogen) atoms. The van der Waals surface area contributed by atoms with Gasteiger partial charge in [0.15, 0.2) is 11.6 Å². The fourth-order valence-corrected chi connectivity index (χ4v) is 8.45. The fourth-order valence-electron chi connectivity index (χ4n) is 7.16. The second kappa shape index (κ2) is 11.1. The van der Waals surface area contributed by atoms with Gasteiger partial charge in [-0.15, -0.1) is 11.3 Å². The average Bonchev–Trinajstić information content (AvgIpc) is 3.56. The van der Waals surface area contributed by atoms with Crippen LogP contribution in [0.25, 0.3) is 17.2 Å². The number of carbonyl (C=O) groups excluding carboxylic acids is 2. The Morgan fingerprint density at radius 1 is 0.739 bits per heavy atom. The molecule has 0 unspecified atom stereocenters. The number of Topliss-reactive ketones (excluding diaryl/α,β-unsaturated/α-hetero) is 2. The molecule has 1 aliphatic carbocycles. The lowest BCUT2D eigenvalue weighted by Gasteiger charge is -2.40. The second-order valence-electron chi connectivity index (χ2n) is 13.8. The Morgan fingerprint density at radius 2 is 1.41 bits per heavy atom. The van der Waals surface area contributed by atoms with Crippen molar-refractivity contribution < 1.29 is 9.59 Å². The molecule has 0 saturated heterocycles. The minimum atomic E-state index is -0.326. The Labute approximate surface area is 277 Å². The van der Waals surface area contributed by atoms with Crippen LogP contribution in [0, 0.1) is 0 Å². The summed E-state index contributed by atoms with van der Waals surface area (Å²) in [5.74, 6) is 0.414. The van der Waals surface area contributed by atoms with E-state index in [9.17, 15) is 9.59 Å². The topological polar surface area (TPSA) is 37.4 Å². The lowest BCUT2D eigenvalue weighted by molar-refractivity contribution is 0.0990. The lowest BCUT2D eigenvalue weighted by Crippen LogP contribution is -2.29. The molecule has 0 fully saturated rings. The quantitative estimate of drug-likeness (QED) is 0.112. The maximum atomic E-state index is 13.4. The molecule has 5 heteroatoms. The molecule has 0 saturated carbocycles. The van der Waals surface area contributed by atoms with E-state index < -0.39 is 0 Å². The van der Waals surface area contributed by atoms with E-state index in [4.69, 9.17) is 0 Å². The maximum Gasteiger partial charge on any atom is 0.197 e. The first-order valence-electron chi connectivity index (χ1n) is 16.2. The van der Waals surface area contributed by atoms with Gasteiger partial charge < -0.3 is 4.90 Å². The molecule has 0 bridgehead atoms. The first-order chi connectivity index (χ1) is 22.0. The molecule has 4 aromatic carbocycles. The van der Waals surface area contributed by atoms with Crippen molar-refractivity contribution in [3.8, 4) is 11.1 Å². The van der Waals surface area contributed by atoms with Crippen molar-refractivity contribution in [2.75, 3.05) is 4.90 Å². The largest absolute Gasteiger partial charge is 0.301 e. The van der Waals surface area contributed by atoms with Gasteiger partial charge in [-0.25, -0.2) is 0 Å². The monoisotopic (exact) mass is 619 g/mol. The van der Waals surface area contributed by atoms with E-state index >= 15 is 0 Å². The minimum Gasteiger partial charge on any atom is -0.301 e. The number of benzene rings is 4. The van der Waals surface area contributed by atoms with Crippen molar-refractivity contribution in [3.63, 3.8) is 0 Å². The van der Waals surface area contributed by atoms with Gasteiger partial charge in [-0.05, 0) is 81.6 Å². The molecule has 5 aromatic rings. The number of anilines is 3. The summed E-state index contributed by atoms with van der Waals surface area (Å²) in [7, 11) is 1.95. The molecule has 3 nitrogen and oxygen atoms in total. The summed E-state index contributed by atoms with van der Waals surface area (Å²) in [4.78, 5) is 30.1. The van der Waals surface area contributed by atoms with Crippen LogP contribution in [0.1, 0.15) is 101 Å². The number of thiophene rings is 1. The van der Waals surface area contributed by atoms with Crippen molar-refractivity contribution in [1.29, 1.82) is 0 Å². The molecule has 2 aliphatic rings. The molecule has 0 atom stereocenters. The van der Waals surface area contributed by atoms with E-state index in [0.717, 1.165) is 26.7 Å². The molecule has 1 aromatic heterocycles. The zero-order chi connectivity index (χ0) is 32.5. The van der Waals surface area contributed by atoms with Gasteiger partial charge in [0.2, 0.25) is 0 Å². The Kier molecular flexibility index (Phi) is 7.29. The van der Waals surface area contributed by atoms with E-state index in [1.807, 2.05) is 32.1 Å². The molecule has 0 radical (unpaired) electrons. The molecular formula is C41H38BNO2S. The summed E-state index contributed by atoms with van der Waals surface area (Å²) in [5.41, 5.74) is 11.9. The summed E-state index contributed by atoms with van der Waals surface area (Å²) in [6, 6.07) is 31.9. The van der Waals surface area contributed by atoms with E-state index in [0.29, 0.717) is 23.0 Å². The normalized spacial score (nSPS) is 15.9. The summed E-state index contributed by atoms with van der Waals surface area (Å²) in [6.07, 6.45) is 1.81.